The highest BCUT2D eigenvalue weighted by molar-refractivity contribution is 7.99. The normalized spacial score (nSPS) is 25.9. The summed E-state index contributed by atoms with van der Waals surface area (Å²) in [5, 5.41) is 3.55. The van der Waals surface area contributed by atoms with Crippen LogP contribution in [0.1, 0.15) is 43.0 Å². The number of anilines is 1. The van der Waals surface area contributed by atoms with Crippen LogP contribution in [0, 0.1) is 0 Å². The van der Waals surface area contributed by atoms with Crippen molar-refractivity contribution in [2.75, 3.05) is 23.4 Å². The molecule has 1 aromatic carbocycles. The van der Waals surface area contributed by atoms with Crippen LogP contribution in [-0.2, 0) is 0 Å². The quantitative estimate of drug-likeness (QED) is 0.925. The molecule has 2 aliphatic heterocycles. The first-order valence-electron chi connectivity index (χ1n) is 7.99. The Morgan fingerprint density at radius 1 is 1.24 bits per heavy atom. The monoisotopic (exact) mass is 304 g/mol. The lowest BCUT2D eigenvalue weighted by Crippen LogP contribution is -2.42. The Labute approximate surface area is 131 Å². The fourth-order valence-corrected chi connectivity index (χ4v) is 4.31. The van der Waals surface area contributed by atoms with Gasteiger partial charge in [0, 0.05) is 35.6 Å². The Kier molecular flexibility index (Phi) is 4.73. The van der Waals surface area contributed by atoms with Crippen molar-refractivity contribution in [1.82, 2.24) is 4.90 Å². The molecule has 1 N–H and O–H groups in total. The summed E-state index contributed by atoms with van der Waals surface area (Å²) in [4.78, 5) is 14.6. The van der Waals surface area contributed by atoms with Gasteiger partial charge in [-0.15, -0.1) is 0 Å². The molecule has 0 unspecified atom stereocenters. The third kappa shape index (κ3) is 3.54. The summed E-state index contributed by atoms with van der Waals surface area (Å²) in [7, 11) is 0. The van der Waals surface area contributed by atoms with Gasteiger partial charge in [0.1, 0.15) is 0 Å². The Hall–Kier alpha value is -1.16. The molecule has 0 radical (unpaired) electrons. The number of carbonyl (C=O) groups excluding carboxylic acids is 1. The standard InChI is InChI=1S/C17H24N2OS/c1-13-4-2-3-10-19(13)17(20)14-5-7-15(8-6-14)18-16-9-11-21-12-16/h5-8,13,16,18H,2-4,9-12H2,1H3/t13-,16-/m0/s1. The van der Waals surface area contributed by atoms with Crippen molar-refractivity contribution in [2.24, 2.45) is 0 Å². The van der Waals surface area contributed by atoms with E-state index in [2.05, 4.69) is 12.2 Å². The van der Waals surface area contributed by atoms with E-state index < -0.39 is 0 Å². The van der Waals surface area contributed by atoms with Crippen molar-refractivity contribution >= 4 is 23.4 Å². The molecule has 114 valence electrons. The molecule has 2 saturated heterocycles. The summed E-state index contributed by atoms with van der Waals surface area (Å²) in [5.74, 6) is 2.62. The van der Waals surface area contributed by atoms with Gasteiger partial charge < -0.3 is 10.2 Å². The Morgan fingerprint density at radius 2 is 2.05 bits per heavy atom. The zero-order chi connectivity index (χ0) is 14.7. The fourth-order valence-electron chi connectivity index (χ4n) is 3.16. The van der Waals surface area contributed by atoms with E-state index in [9.17, 15) is 4.79 Å². The summed E-state index contributed by atoms with van der Waals surface area (Å²) >= 11 is 2.01. The van der Waals surface area contributed by atoms with Crippen LogP contribution >= 0.6 is 11.8 Å². The van der Waals surface area contributed by atoms with E-state index >= 15 is 0 Å². The van der Waals surface area contributed by atoms with Crippen molar-refractivity contribution in [3.05, 3.63) is 29.8 Å². The number of hydrogen-bond donors (Lipinski definition) is 1. The van der Waals surface area contributed by atoms with E-state index in [1.165, 1.54) is 24.3 Å². The number of rotatable bonds is 3. The van der Waals surface area contributed by atoms with Gasteiger partial charge in [0.25, 0.3) is 5.91 Å². The van der Waals surface area contributed by atoms with Crippen molar-refractivity contribution < 1.29 is 4.79 Å². The van der Waals surface area contributed by atoms with Gasteiger partial charge in [-0.05, 0) is 62.6 Å². The average Bonchev–Trinajstić information content (AvgIpc) is 3.01. The van der Waals surface area contributed by atoms with E-state index in [1.54, 1.807) is 0 Å². The van der Waals surface area contributed by atoms with E-state index in [0.717, 1.165) is 30.6 Å². The molecule has 3 nitrogen and oxygen atoms in total. The Bertz CT molecular complexity index is 482. The zero-order valence-electron chi connectivity index (χ0n) is 12.7. The predicted octanol–water partition coefficient (Wildman–Crippen LogP) is 3.62. The molecule has 0 aliphatic carbocycles. The minimum atomic E-state index is 0.185. The molecule has 2 heterocycles. The summed E-state index contributed by atoms with van der Waals surface area (Å²) in [6.07, 6.45) is 4.74. The van der Waals surface area contributed by atoms with Crippen LogP contribution in [0.3, 0.4) is 0 Å². The largest absolute Gasteiger partial charge is 0.381 e. The molecule has 2 aliphatic rings. The molecule has 3 rings (SSSR count). The second-order valence-electron chi connectivity index (χ2n) is 6.13. The molecule has 0 saturated carbocycles. The molecular formula is C17H24N2OS. The summed E-state index contributed by atoms with van der Waals surface area (Å²) < 4.78 is 0. The average molecular weight is 304 g/mol. The van der Waals surface area contributed by atoms with Crippen LogP contribution in [0.15, 0.2) is 24.3 Å². The van der Waals surface area contributed by atoms with Gasteiger partial charge in [-0.25, -0.2) is 0 Å². The van der Waals surface area contributed by atoms with Gasteiger partial charge in [0.05, 0.1) is 0 Å². The van der Waals surface area contributed by atoms with Crippen LogP contribution in [0.2, 0.25) is 0 Å². The van der Waals surface area contributed by atoms with Crippen LogP contribution in [0.25, 0.3) is 0 Å². The molecule has 0 spiro atoms. The minimum absolute atomic E-state index is 0.185. The number of hydrogen-bond acceptors (Lipinski definition) is 3. The van der Waals surface area contributed by atoms with E-state index in [1.807, 2.05) is 40.9 Å². The number of benzene rings is 1. The number of carbonyl (C=O) groups is 1. The third-order valence-electron chi connectivity index (χ3n) is 4.50. The Balaban J connectivity index is 1.64. The highest BCUT2D eigenvalue weighted by Gasteiger charge is 2.24. The molecule has 0 aromatic heterocycles. The maximum absolute atomic E-state index is 12.6. The molecule has 2 atom stereocenters. The third-order valence-corrected chi connectivity index (χ3v) is 5.66. The summed E-state index contributed by atoms with van der Waals surface area (Å²) in [6, 6.07) is 8.98. The number of piperidine rings is 1. The summed E-state index contributed by atoms with van der Waals surface area (Å²) in [6.45, 7) is 3.06. The van der Waals surface area contributed by atoms with Crippen molar-refractivity contribution in [3.8, 4) is 0 Å². The van der Waals surface area contributed by atoms with Gasteiger partial charge in [-0.1, -0.05) is 0 Å². The van der Waals surface area contributed by atoms with E-state index in [4.69, 9.17) is 0 Å². The highest BCUT2D eigenvalue weighted by Crippen LogP contribution is 2.23. The van der Waals surface area contributed by atoms with Crippen LogP contribution in [0.5, 0.6) is 0 Å². The number of nitrogens with one attached hydrogen (secondary N) is 1. The molecule has 21 heavy (non-hydrogen) atoms. The minimum Gasteiger partial charge on any atom is -0.381 e. The molecular weight excluding hydrogens is 280 g/mol. The smallest absolute Gasteiger partial charge is 0.254 e. The topological polar surface area (TPSA) is 32.3 Å². The first kappa shape index (κ1) is 14.8. The summed E-state index contributed by atoms with van der Waals surface area (Å²) in [5.41, 5.74) is 1.95. The van der Waals surface area contributed by atoms with Crippen molar-refractivity contribution in [3.63, 3.8) is 0 Å². The maximum atomic E-state index is 12.6. The van der Waals surface area contributed by atoms with Gasteiger partial charge in [-0.3, -0.25) is 4.79 Å². The Morgan fingerprint density at radius 3 is 2.71 bits per heavy atom. The lowest BCUT2D eigenvalue weighted by molar-refractivity contribution is 0.0635. The molecule has 4 heteroatoms. The second kappa shape index (κ2) is 6.73. The lowest BCUT2D eigenvalue weighted by Gasteiger charge is -2.33. The first-order valence-corrected chi connectivity index (χ1v) is 9.15. The van der Waals surface area contributed by atoms with E-state index in [-0.39, 0.29) is 5.91 Å². The molecule has 2 fully saturated rings. The number of likely N-dealkylation sites (tertiary alicyclic amines) is 1. The van der Waals surface area contributed by atoms with Gasteiger partial charge in [-0.2, -0.15) is 11.8 Å². The van der Waals surface area contributed by atoms with Crippen molar-refractivity contribution in [1.29, 1.82) is 0 Å². The maximum Gasteiger partial charge on any atom is 0.254 e. The predicted molar refractivity (Wildman–Crippen MR) is 90.1 cm³/mol. The fraction of sp³-hybridized carbons (Fsp3) is 0.588. The van der Waals surface area contributed by atoms with Crippen molar-refractivity contribution in [2.45, 2.75) is 44.7 Å². The van der Waals surface area contributed by atoms with Gasteiger partial charge in [0.15, 0.2) is 0 Å². The van der Waals surface area contributed by atoms with Gasteiger partial charge in [0.2, 0.25) is 0 Å². The highest BCUT2D eigenvalue weighted by atomic mass is 32.2. The molecule has 1 aromatic rings. The first-order chi connectivity index (χ1) is 10.2. The molecule has 0 bridgehead atoms. The SMILES string of the molecule is C[C@H]1CCCCN1C(=O)c1ccc(N[C@H]2CCSC2)cc1. The zero-order valence-corrected chi connectivity index (χ0v) is 13.5. The lowest BCUT2D eigenvalue weighted by atomic mass is 10.0. The van der Waals surface area contributed by atoms with Crippen LogP contribution in [0.4, 0.5) is 5.69 Å². The van der Waals surface area contributed by atoms with Crippen LogP contribution < -0.4 is 5.32 Å². The molecule has 1 amide bonds. The van der Waals surface area contributed by atoms with Gasteiger partial charge >= 0.3 is 0 Å². The number of nitrogens with zero attached hydrogens (tertiary/aromatic N) is 1. The number of amides is 1. The van der Waals surface area contributed by atoms with Crippen LogP contribution in [-0.4, -0.2) is 40.9 Å². The number of thioether (sulfide) groups is 1. The second-order valence-corrected chi connectivity index (χ2v) is 7.28. The van der Waals surface area contributed by atoms with E-state index in [0.29, 0.717) is 12.1 Å².